The summed E-state index contributed by atoms with van der Waals surface area (Å²) in [5.74, 6) is 0.643. The molecule has 21 heavy (non-hydrogen) atoms. The van der Waals surface area contributed by atoms with E-state index in [0.717, 1.165) is 26.8 Å². The minimum atomic E-state index is -0.203. The fourth-order valence-corrected chi connectivity index (χ4v) is 2.98. The number of nitrogens with one attached hydrogen (secondary N) is 1. The third kappa shape index (κ3) is 2.97. The first-order valence-corrected chi connectivity index (χ1v) is 7.54. The SMILES string of the molecule is CCOc1ccc2nc(Nc3ccc(F)c(C)c3)sc2c1. The first-order chi connectivity index (χ1) is 10.2. The summed E-state index contributed by atoms with van der Waals surface area (Å²) >= 11 is 1.55. The summed E-state index contributed by atoms with van der Waals surface area (Å²) in [6.45, 7) is 4.35. The smallest absolute Gasteiger partial charge is 0.188 e. The van der Waals surface area contributed by atoms with Crippen molar-refractivity contribution in [2.75, 3.05) is 11.9 Å². The summed E-state index contributed by atoms with van der Waals surface area (Å²) in [4.78, 5) is 4.52. The Morgan fingerprint density at radius 3 is 2.86 bits per heavy atom. The highest BCUT2D eigenvalue weighted by atomic mass is 32.1. The lowest BCUT2D eigenvalue weighted by atomic mass is 10.2. The van der Waals surface area contributed by atoms with E-state index in [1.165, 1.54) is 6.07 Å². The monoisotopic (exact) mass is 302 g/mol. The highest BCUT2D eigenvalue weighted by Gasteiger charge is 2.06. The second-order valence-corrected chi connectivity index (χ2v) is 5.70. The number of ether oxygens (including phenoxy) is 1. The molecule has 0 aliphatic rings. The molecule has 3 aromatic rings. The van der Waals surface area contributed by atoms with Gasteiger partial charge >= 0.3 is 0 Å². The van der Waals surface area contributed by atoms with Crippen LogP contribution in [0.4, 0.5) is 15.2 Å². The molecule has 0 spiro atoms. The molecule has 0 fully saturated rings. The van der Waals surface area contributed by atoms with Gasteiger partial charge in [-0.05, 0) is 55.8 Å². The Morgan fingerprint density at radius 2 is 2.10 bits per heavy atom. The van der Waals surface area contributed by atoms with Gasteiger partial charge in [-0.2, -0.15) is 0 Å². The van der Waals surface area contributed by atoms with Gasteiger partial charge in [0.2, 0.25) is 0 Å². The van der Waals surface area contributed by atoms with Gasteiger partial charge in [0.15, 0.2) is 5.13 Å². The van der Waals surface area contributed by atoms with E-state index in [4.69, 9.17) is 4.74 Å². The summed E-state index contributed by atoms with van der Waals surface area (Å²) < 4.78 is 19.8. The van der Waals surface area contributed by atoms with Gasteiger partial charge in [0.1, 0.15) is 11.6 Å². The van der Waals surface area contributed by atoms with E-state index < -0.39 is 0 Å². The third-order valence-corrected chi connectivity index (χ3v) is 4.01. The molecule has 3 nitrogen and oxygen atoms in total. The molecule has 3 rings (SSSR count). The number of aryl methyl sites for hydroxylation is 1. The molecule has 0 saturated carbocycles. The Balaban J connectivity index is 1.88. The molecule has 0 amide bonds. The molecular formula is C16H15FN2OS. The van der Waals surface area contributed by atoms with Crippen molar-refractivity contribution in [2.24, 2.45) is 0 Å². The zero-order valence-electron chi connectivity index (χ0n) is 11.8. The Morgan fingerprint density at radius 1 is 1.24 bits per heavy atom. The van der Waals surface area contributed by atoms with Crippen LogP contribution < -0.4 is 10.1 Å². The number of benzene rings is 2. The van der Waals surface area contributed by atoms with E-state index in [9.17, 15) is 4.39 Å². The summed E-state index contributed by atoms with van der Waals surface area (Å²) in [5.41, 5.74) is 2.36. The first kappa shape index (κ1) is 13.8. The Kier molecular flexibility index (Phi) is 3.75. The lowest BCUT2D eigenvalue weighted by Crippen LogP contribution is -1.91. The molecule has 0 saturated heterocycles. The predicted molar refractivity (Wildman–Crippen MR) is 85.2 cm³/mol. The van der Waals surface area contributed by atoms with E-state index >= 15 is 0 Å². The van der Waals surface area contributed by atoms with Crippen LogP contribution in [0, 0.1) is 12.7 Å². The van der Waals surface area contributed by atoms with Gasteiger partial charge < -0.3 is 10.1 Å². The Bertz CT molecular complexity index is 785. The molecule has 1 aromatic heterocycles. The number of halogens is 1. The largest absolute Gasteiger partial charge is 0.494 e. The summed E-state index contributed by atoms with van der Waals surface area (Å²) in [6.07, 6.45) is 0. The Labute approximate surface area is 126 Å². The average Bonchev–Trinajstić information content (AvgIpc) is 2.85. The van der Waals surface area contributed by atoms with Gasteiger partial charge in [-0.15, -0.1) is 0 Å². The van der Waals surface area contributed by atoms with Crippen molar-refractivity contribution in [3.8, 4) is 5.75 Å². The van der Waals surface area contributed by atoms with E-state index in [1.807, 2.05) is 25.1 Å². The second-order valence-electron chi connectivity index (χ2n) is 4.67. The molecular weight excluding hydrogens is 287 g/mol. The number of hydrogen-bond acceptors (Lipinski definition) is 4. The molecule has 0 radical (unpaired) electrons. The lowest BCUT2D eigenvalue weighted by molar-refractivity contribution is 0.341. The fourth-order valence-electron chi connectivity index (χ4n) is 2.06. The molecule has 0 aliphatic heterocycles. The maximum Gasteiger partial charge on any atom is 0.188 e. The average molecular weight is 302 g/mol. The summed E-state index contributed by atoms with van der Waals surface area (Å²) in [6, 6.07) is 10.8. The van der Waals surface area contributed by atoms with Crippen molar-refractivity contribution in [2.45, 2.75) is 13.8 Å². The molecule has 108 valence electrons. The van der Waals surface area contributed by atoms with E-state index in [-0.39, 0.29) is 5.82 Å². The molecule has 0 unspecified atom stereocenters. The van der Waals surface area contributed by atoms with Gasteiger partial charge in [-0.3, -0.25) is 0 Å². The van der Waals surface area contributed by atoms with Crippen LogP contribution in [0.1, 0.15) is 12.5 Å². The van der Waals surface area contributed by atoms with Crippen LogP contribution in [0.3, 0.4) is 0 Å². The lowest BCUT2D eigenvalue weighted by Gasteiger charge is -2.03. The quantitative estimate of drug-likeness (QED) is 0.745. The van der Waals surface area contributed by atoms with Gasteiger partial charge in [0.25, 0.3) is 0 Å². The van der Waals surface area contributed by atoms with Gasteiger partial charge in [-0.1, -0.05) is 11.3 Å². The van der Waals surface area contributed by atoms with E-state index in [2.05, 4.69) is 10.3 Å². The minimum Gasteiger partial charge on any atom is -0.494 e. The Hall–Kier alpha value is -2.14. The maximum absolute atomic E-state index is 13.3. The van der Waals surface area contributed by atoms with Gasteiger partial charge in [0, 0.05) is 5.69 Å². The standard InChI is InChI=1S/C16H15FN2OS/c1-3-20-12-5-7-14-15(9-12)21-16(19-14)18-11-4-6-13(17)10(2)8-11/h4-9H,3H2,1-2H3,(H,18,19). The van der Waals surface area contributed by atoms with Gasteiger partial charge in [-0.25, -0.2) is 9.37 Å². The van der Waals surface area contributed by atoms with Crippen molar-refractivity contribution in [3.63, 3.8) is 0 Å². The normalized spacial score (nSPS) is 10.8. The minimum absolute atomic E-state index is 0.203. The molecule has 0 atom stereocenters. The molecule has 5 heteroatoms. The summed E-state index contributed by atoms with van der Waals surface area (Å²) in [7, 11) is 0. The number of thiazole rings is 1. The van der Waals surface area contributed by atoms with Crippen LogP contribution in [0.2, 0.25) is 0 Å². The van der Waals surface area contributed by atoms with Gasteiger partial charge in [0.05, 0.1) is 16.8 Å². The fraction of sp³-hybridized carbons (Fsp3) is 0.188. The highest BCUT2D eigenvalue weighted by molar-refractivity contribution is 7.22. The highest BCUT2D eigenvalue weighted by Crippen LogP contribution is 2.31. The summed E-state index contributed by atoms with van der Waals surface area (Å²) in [5, 5.41) is 3.99. The maximum atomic E-state index is 13.3. The van der Waals surface area contributed by atoms with Crippen LogP contribution in [0.15, 0.2) is 36.4 Å². The number of hydrogen-bond donors (Lipinski definition) is 1. The molecule has 0 aliphatic carbocycles. The van der Waals surface area contributed by atoms with Crippen molar-refractivity contribution >= 4 is 32.4 Å². The van der Waals surface area contributed by atoms with Crippen LogP contribution >= 0.6 is 11.3 Å². The third-order valence-electron chi connectivity index (χ3n) is 3.08. The van der Waals surface area contributed by atoms with E-state index in [0.29, 0.717) is 12.2 Å². The predicted octanol–water partition coefficient (Wildman–Crippen LogP) is 4.89. The van der Waals surface area contributed by atoms with Crippen molar-refractivity contribution in [1.82, 2.24) is 4.98 Å². The molecule has 0 bridgehead atoms. The topological polar surface area (TPSA) is 34.1 Å². The number of nitrogens with zero attached hydrogens (tertiary/aromatic N) is 1. The van der Waals surface area contributed by atoms with Crippen LogP contribution in [0.25, 0.3) is 10.2 Å². The van der Waals surface area contributed by atoms with Crippen LogP contribution in [0.5, 0.6) is 5.75 Å². The zero-order valence-corrected chi connectivity index (χ0v) is 12.6. The molecule has 1 N–H and O–H groups in total. The number of rotatable bonds is 4. The van der Waals surface area contributed by atoms with Crippen molar-refractivity contribution in [1.29, 1.82) is 0 Å². The molecule has 1 heterocycles. The van der Waals surface area contributed by atoms with Crippen molar-refractivity contribution in [3.05, 3.63) is 47.8 Å². The number of anilines is 2. The van der Waals surface area contributed by atoms with Crippen molar-refractivity contribution < 1.29 is 9.13 Å². The number of aromatic nitrogens is 1. The molecule has 2 aromatic carbocycles. The zero-order chi connectivity index (χ0) is 14.8. The number of fused-ring (bicyclic) bond motifs is 1. The van der Waals surface area contributed by atoms with E-state index in [1.54, 1.807) is 30.4 Å². The second kappa shape index (κ2) is 5.69. The van der Waals surface area contributed by atoms with Crippen LogP contribution in [-0.4, -0.2) is 11.6 Å². The van der Waals surface area contributed by atoms with Crippen LogP contribution in [-0.2, 0) is 0 Å². The first-order valence-electron chi connectivity index (χ1n) is 6.72.